The van der Waals surface area contributed by atoms with E-state index >= 15 is 0 Å². The van der Waals surface area contributed by atoms with Crippen LogP contribution in [0, 0.1) is 10.1 Å². The molecule has 1 aromatic heterocycles. The number of benzene rings is 3. The number of nitro groups is 1. The van der Waals surface area contributed by atoms with Gasteiger partial charge in [0.15, 0.2) is 0 Å². The van der Waals surface area contributed by atoms with Crippen molar-refractivity contribution in [1.82, 2.24) is 25.2 Å². The summed E-state index contributed by atoms with van der Waals surface area (Å²) in [4.78, 5) is 24.2. The van der Waals surface area contributed by atoms with Crippen molar-refractivity contribution in [3.63, 3.8) is 0 Å². The minimum absolute atomic E-state index is 0.0853. The van der Waals surface area contributed by atoms with E-state index in [1.165, 1.54) is 29.8 Å². The first kappa shape index (κ1) is 35.2. The van der Waals surface area contributed by atoms with E-state index in [1.54, 1.807) is 10.7 Å². The zero-order valence-electron chi connectivity index (χ0n) is 26.3. The molecule has 0 unspecified atom stereocenters. The predicted molar refractivity (Wildman–Crippen MR) is 180 cm³/mol. The van der Waals surface area contributed by atoms with E-state index in [2.05, 4.69) is 39.7 Å². The minimum Gasteiger partial charge on any atom is -0.410 e. The summed E-state index contributed by atoms with van der Waals surface area (Å²) in [5, 5.41) is 23.2. The van der Waals surface area contributed by atoms with Crippen LogP contribution in [0.2, 0.25) is 10.0 Å². The van der Waals surface area contributed by atoms with Gasteiger partial charge in [0, 0.05) is 53.3 Å². The van der Waals surface area contributed by atoms with Crippen molar-refractivity contribution in [2.24, 2.45) is 0 Å². The number of carbonyl (C=O) groups excluding carboxylic acids is 1. The number of nitro benzene ring substituents is 1. The highest BCUT2D eigenvalue weighted by atomic mass is 35.5. The summed E-state index contributed by atoms with van der Waals surface area (Å²) in [6.45, 7) is 4.73. The average molecular weight is 700 g/mol. The van der Waals surface area contributed by atoms with Gasteiger partial charge >= 0.3 is 6.09 Å². The van der Waals surface area contributed by atoms with E-state index in [-0.39, 0.29) is 30.5 Å². The number of fused-ring (bicyclic) bond motifs is 1. The molecule has 0 bridgehead atoms. The molecule has 4 aromatic rings. The van der Waals surface area contributed by atoms with Gasteiger partial charge in [-0.05, 0) is 54.1 Å². The summed E-state index contributed by atoms with van der Waals surface area (Å²) >= 11 is 12.9. The molecular formula is C33H36Cl2N6O7. The lowest BCUT2D eigenvalue weighted by atomic mass is 9.84. The average Bonchev–Trinajstić information content (AvgIpc) is 3.55. The Kier molecular flexibility index (Phi) is 12.7. The smallest absolute Gasteiger partial charge is 0.410 e. The molecular weight excluding hydrogens is 663 g/mol. The zero-order chi connectivity index (χ0) is 33.9. The number of likely N-dealkylation sites (N-methyl/N-ethyl adjacent to an activating group) is 1. The van der Waals surface area contributed by atoms with Gasteiger partial charge in [0.05, 0.1) is 57.3 Å². The number of rotatable bonds is 16. The van der Waals surface area contributed by atoms with Crippen LogP contribution in [0.4, 0.5) is 10.5 Å². The maximum absolute atomic E-state index is 11.8. The van der Waals surface area contributed by atoms with Crippen LogP contribution in [0.5, 0.6) is 5.75 Å². The Morgan fingerprint density at radius 2 is 1.73 bits per heavy atom. The molecule has 13 nitrogen and oxygen atoms in total. The van der Waals surface area contributed by atoms with E-state index in [0.717, 1.165) is 35.5 Å². The molecule has 15 heteroatoms. The first-order valence-electron chi connectivity index (χ1n) is 15.4. The number of hydrogen-bond acceptors (Lipinski definition) is 10. The van der Waals surface area contributed by atoms with Crippen LogP contribution in [-0.2, 0) is 27.3 Å². The van der Waals surface area contributed by atoms with Crippen molar-refractivity contribution in [2.75, 3.05) is 59.8 Å². The van der Waals surface area contributed by atoms with Crippen LogP contribution in [0.25, 0.3) is 11.3 Å². The molecule has 48 heavy (non-hydrogen) atoms. The molecule has 1 aliphatic heterocycles. The molecule has 0 radical (unpaired) electrons. The molecule has 0 saturated heterocycles. The van der Waals surface area contributed by atoms with Gasteiger partial charge in [0.25, 0.3) is 5.69 Å². The summed E-state index contributed by atoms with van der Waals surface area (Å²) < 4.78 is 23.4. The van der Waals surface area contributed by atoms with Gasteiger partial charge in [-0.3, -0.25) is 10.1 Å². The number of nitrogens with one attached hydrogen (secondary N) is 1. The molecule has 1 N–H and O–H groups in total. The number of amides is 1. The van der Waals surface area contributed by atoms with Crippen molar-refractivity contribution in [3.8, 4) is 17.0 Å². The number of carbonyl (C=O) groups is 1. The summed E-state index contributed by atoms with van der Waals surface area (Å²) in [7, 11) is 2.10. The van der Waals surface area contributed by atoms with Crippen LogP contribution in [0.1, 0.15) is 22.6 Å². The number of halogens is 2. The third-order valence-electron chi connectivity index (χ3n) is 7.60. The van der Waals surface area contributed by atoms with Crippen molar-refractivity contribution in [3.05, 3.63) is 104 Å². The molecule has 5 rings (SSSR count). The fourth-order valence-corrected chi connectivity index (χ4v) is 5.86. The highest BCUT2D eigenvalue weighted by Gasteiger charge is 2.27. The van der Waals surface area contributed by atoms with E-state index in [0.29, 0.717) is 49.6 Å². The summed E-state index contributed by atoms with van der Waals surface area (Å²) in [5.74, 6) is 0.340. The minimum atomic E-state index is -0.677. The van der Waals surface area contributed by atoms with Crippen molar-refractivity contribution in [2.45, 2.75) is 19.0 Å². The Balaban J connectivity index is 0.944. The van der Waals surface area contributed by atoms with Crippen LogP contribution >= 0.6 is 23.2 Å². The van der Waals surface area contributed by atoms with E-state index in [1.807, 2.05) is 24.4 Å². The third-order valence-corrected chi connectivity index (χ3v) is 8.15. The third kappa shape index (κ3) is 9.95. The van der Waals surface area contributed by atoms with E-state index in [4.69, 9.17) is 42.1 Å². The second-order valence-corrected chi connectivity index (χ2v) is 11.9. The van der Waals surface area contributed by atoms with Crippen LogP contribution in [-0.4, -0.2) is 90.7 Å². The topological polar surface area (TPSA) is 143 Å². The number of nitrogens with zero attached hydrogens (tertiary/aromatic N) is 5. The molecule has 0 fully saturated rings. The van der Waals surface area contributed by atoms with E-state index in [9.17, 15) is 14.9 Å². The molecule has 1 amide bonds. The van der Waals surface area contributed by atoms with Gasteiger partial charge in [0.1, 0.15) is 11.4 Å². The fraction of sp³-hybridized carbons (Fsp3) is 0.364. The predicted octanol–water partition coefficient (Wildman–Crippen LogP) is 5.58. The van der Waals surface area contributed by atoms with Crippen molar-refractivity contribution >= 4 is 35.0 Å². The highest BCUT2D eigenvalue weighted by Crippen LogP contribution is 2.39. The molecule has 0 spiro atoms. The van der Waals surface area contributed by atoms with Gasteiger partial charge in [0.2, 0.25) is 0 Å². The Hall–Kier alpha value is -4.11. The van der Waals surface area contributed by atoms with Crippen LogP contribution < -0.4 is 10.1 Å². The summed E-state index contributed by atoms with van der Waals surface area (Å²) in [6, 6.07) is 17.4. The monoisotopic (exact) mass is 698 g/mol. The van der Waals surface area contributed by atoms with Gasteiger partial charge in [-0.15, -0.1) is 5.10 Å². The lowest BCUT2D eigenvalue weighted by Crippen LogP contribution is -2.31. The SMILES string of the molecule is CN1Cc2c(Cl)cc(Cl)cc2[C@H](c2cccc(-c3cn(CCOCCOCCOCCNC(=O)Oc4ccc([N+](=O)[O-])cc4)nn3)c2)C1. The second-order valence-electron chi connectivity index (χ2n) is 11.1. The van der Waals surface area contributed by atoms with Gasteiger partial charge in [-0.2, -0.15) is 0 Å². The molecule has 1 aliphatic rings. The van der Waals surface area contributed by atoms with Gasteiger partial charge in [-0.25, -0.2) is 9.48 Å². The normalized spacial score (nSPS) is 14.4. The Morgan fingerprint density at radius 1 is 1.00 bits per heavy atom. The largest absolute Gasteiger partial charge is 0.412 e. The maximum Gasteiger partial charge on any atom is 0.412 e. The van der Waals surface area contributed by atoms with Gasteiger partial charge < -0.3 is 29.2 Å². The van der Waals surface area contributed by atoms with Crippen LogP contribution in [0.15, 0.2) is 66.9 Å². The second kappa shape index (κ2) is 17.3. The number of ether oxygens (including phenoxy) is 4. The fourth-order valence-electron chi connectivity index (χ4n) is 5.29. The molecule has 3 aromatic carbocycles. The summed E-state index contributed by atoms with van der Waals surface area (Å²) in [6.07, 6.45) is 1.23. The Bertz CT molecular complexity index is 1690. The molecule has 0 aliphatic carbocycles. The lowest BCUT2D eigenvalue weighted by Gasteiger charge is -2.33. The number of aromatic nitrogens is 3. The Labute approximate surface area is 287 Å². The van der Waals surface area contributed by atoms with Crippen molar-refractivity contribution < 1.29 is 28.7 Å². The molecule has 254 valence electrons. The first-order chi connectivity index (χ1) is 23.3. The maximum atomic E-state index is 11.8. The first-order valence-corrected chi connectivity index (χ1v) is 16.1. The summed E-state index contributed by atoms with van der Waals surface area (Å²) in [5.41, 5.74) is 5.12. The lowest BCUT2D eigenvalue weighted by molar-refractivity contribution is -0.384. The standard InChI is InChI=1S/C33H36Cl2N6O7/c1-39-20-29(28-18-25(34)19-31(35)30(28)21-39)23-3-2-4-24(17-23)32-22-40(38-37-32)10-12-46-14-16-47-15-13-45-11-9-36-33(42)48-27-7-5-26(6-8-27)41(43)44/h2-8,17-19,22,29H,9-16,20-21H2,1H3,(H,36,42)/t29-/m0/s1. The number of non-ortho nitro benzene ring substituents is 1. The van der Waals surface area contributed by atoms with Crippen molar-refractivity contribution in [1.29, 1.82) is 0 Å². The zero-order valence-corrected chi connectivity index (χ0v) is 27.9. The number of hydrogen-bond donors (Lipinski definition) is 1. The highest BCUT2D eigenvalue weighted by molar-refractivity contribution is 6.35. The molecule has 2 heterocycles. The molecule has 1 atom stereocenters. The van der Waals surface area contributed by atoms with Gasteiger partial charge in [-0.1, -0.05) is 46.6 Å². The van der Waals surface area contributed by atoms with E-state index < -0.39 is 11.0 Å². The molecule has 0 saturated carbocycles. The quantitative estimate of drug-likeness (QED) is 0.0895. The Morgan fingerprint density at radius 3 is 2.48 bits per heavy atom. The van der Waals surface area contributed by atoms with Crippen LogP contribution in [0.3, 0.4) is 0 Å².